The lowest BCUT2D eigenvalue weighted by Crippen LogP contribution is -2.25. The number of hydrogen-bond donors (Lipinski definition) is 1. The fraction of sp³-hybridized carbons (Fsp3) is 0.667. The van der Waals surface area contributed by atoms with Gasteiger partial charge < -0.3 is 10.1 Å². The van der Waals surface area contributed by atoms with E-state index in [1.165, 1.54) is 0 Å². The van der Waals surface area contributed by atoms with Crippen LogP contribution >= 0.6 is 0 Å². The molecule has 3 heteroatoms. The number of nitrogens with zero attached hydrogens (tertiary/aromatic N) is 1. The van der Waals surface area contributed by atoms with Crippen LogP contribution in [0.2, 0.25) is 0 Å². The third kappa shape index (κ3) is 4.55. The monoisotopic (exact) mass is 250 g/mol. The van der Waals surface area contributed by atoms with Crippen molar-refractivity contribution in [1.82, 2.24) is 4.98 Å². The molecular formula is C15H26N2O. The van der Waals surface area contributed by atoms with Gasteiger partial charge in [-0.15, -0.1) is 0 Å². The number of hydrogen-bond acceptors (Lipinski definition) is 3. The zero-order valence-electron chi connectivity index (χ0n) is 12.4. The maximum absolute atomic E-state index is 5.74. The predicted octanol–water partition coefficient (Wildman–Crippen LogP) is 3.96. The van der Waals surface area contributed by atoms with Gasteiger partial charge in [0.1, 0.15) is 0 Å². The highest BCUT2D eigenvalue weighted by Crippen LogP contribution is 2.27. The van der Waals surface area contributed by atoms with Gasteiger partial charge in [-0.2, -0.15) is 0 Å². The second-order valence-corrected chi connectivity index (χ2v) is 6.16. The molecule has 0 radical (unpaired) electrons. The van der Waals surface area contributed by atoms with E-state index in [9.17, 15) is 0 Å². The Balaban J connectivity index is 2.67. The number of aromatic nitrogens is 1. The van der Waals surface area contributed by atoms with Crippen molar-refractivity contribution in [1.29, 1.82) is 0 Å². The summed E-state index contributed by atoms with van der Waals surface area (Å²) < 4.78 is 5.74. The van der Waals surface area contributed by atoms with E-state index in [1.54, 1.807) is 6.20 Å². The van der Waals surface area contributed by atoms with Crippen LogP contribution in [0.3, 0.4) is 0 Å². The molecule has 1 unspecified atom stereocenters. The van der Waals surface area contributed by atoms with Crippen LogP contribution in [0, 0.1) is 11.3 Å². The van der Waals surface area contributed by atoms with Crippen molar-refractivity contribution in [3.63, 3.8) is 0 Å². The van der Waals surface area contributed by atoms with Crippen LogP contribution < -0.4 is 10.1 Å². The molecule has 0 aliphatic rings. The van der Waals surface area contributed by atoms with Crippen LogP contribution in [0.4, 0.5) is 5.82 Å². The normalized spacial score (nSPS) is 13.5. The molecule has 0 fully saturated rings. The fourth-order valence-corrected chi connectivity index (χ4v) is 1.43. The number of rotatable bonds is 5. The Morgan fingerprint density at radius 3 is 2.50 bits per heavy atom. The van der Waals surface area contributed by atoms with Crippen molar-refractivity contribution >= 4 is 5.82 Å². The highest BCUT2D eigenvalue weighted by molar-refractivity contribution is 5.49. The molecule has 1 rings (SSSR count). The van der Waals surface area contributed by atoms with Gasteiger partial charge in [0.2, 0.25) is 0 Å². The molecule has 0 aliphatic carbocycles. The molecule has 102 valence electrons. The molecule has 0 bridgehead atoms. The zero-order valence-corrected chi connectivity index (χ0v) is 12.4. The molecule has 1 aromatic rings. The van der Waals surface area contributed by atoms with Crippen molar-refractivity contribution in [3.8, 4) is 5.75 Å². The summed E-state index contributed by atoms with van der Waals surface area (Å²) >= 11 is 0. The smallest absolute Gasteiger partial charge is 0.168 e. The average molecular weight is 250 g/mol. The fourth-order valence-electron chi connectivity index (χ4n) is 1.43. The number of anilines is 1. The molecule has 0 saturated heterocycles. The van der Waals surface area contributed by atoms with E-state index >= 15 is 0 Å². The van der Waals surface area contributed by atoms with Crippen molar-refractivity contribution < 1.29 is 4.74 Å². The molecule has 0 saturated carbocycles. The maximum atomic E-state index is 5.74. The predicted molar refractivity (Wildman–Crippen MR) is 77.1 cm³/mol. The molecule has 0 aliphatic heterocycles. The third-order valence-corrected chi connectivity index (χ3v) is 3.19. The Bertz CT molecular complexity index is 369. The molecule has 1 atom stereocenters. The minimum absolute atomic E-state index is 0.162. The zero-order chi connectivity index (χ0) is 13.8. The Hall–Kier alpha value is -1.25. The molecular weight excluding hydrogens is 224 g/mol. The van der Waals surface area contributed by atoms with Gasteiger partial charge in [0, 0.05) is 12.7 Å². The second-order valence-electron chi connectivity index (χ2n) is 6.16. The molecule has 1 heterocycles. The molecule has 1 N–H and O–H groups in total. The van der Waals surface area contributed by atoms with Gasteiger partial charge in [0.05, 0.1) is 6.10 Å². The third-order valence-electron chi connectivity index (χ3n) is 3.19. The summed E-state index contributed by atoms with van der Waals surface area (Å²) in [4.78, 5) is 4.35. The summed E-state index contributed by atoms with van der Waals surface area (Å²) in [7, 11) is 0. The number of nitrogens with one attached hydrogen (secondary N) is 1. The van der Waals surface area contributed by atoms with Gasteiger partial charge in [-0.1, -0.05) is 27.7 Å². The van der Waals surface area contributed by atoms with Gasteiger partial charge in [-0.05, 0) is 37.3 Å². The number of pyridine rings is 1. The molecule has 0 spiro atoms. The summed E-state index contributed by atoms with van der Waals surface area (Å²) in [5, 5.41) is 3.39. The molecule has 0 amide bonds. The second kappa shape index (κ2) is 6.07. The van der Waals surface area contributed by atoms with E-state index in [1.807, 2.05) is 26.0 Å². The van der Waals surface area contributed by atoms with Crippen LogP contribution in [-0.2, 0) is 0 Å². The first-order valence-corrected chi connectivity index (χ1v) is 6.66. The topological polar surface area (TPSA) is 34.1 Å². The summed E-state index contributed by atoms with van der Waals surface area (Å²) in [6, 6.07) is 3.85. The van der Waals surface area contributed by atoms with Crippen LogP contribution in [0.5, 0.6) is 5.75 Å². The van der Waals surface area contributed by atoms with Gasteiger partial charge in [0.15, 0.2) is 11.6 Å². The first-order valence-electron chi connectivity index (χ1n) is 6.66. The summed E-state index contributed by atoms with van der Waals surface area (Å²) in [6.45, 7) is 14.0. The average Bonchev–Trinajstić information content (AvgIpc) is 2.25. The summed E-state index contributed by atoms with van der Waals surface area (Å²) in [5.41, 5.74) is 0.293. The molecule has 3 nitrogen and oxygen atoms in total. The first kappa shape index (κ1) is 14.8. The molecule has 18 heavy (non-hydrogen) atoms. The largest absolute Gasteiger partial charge is 0.487 e. The quantitative estimate of drug-likeness (QED) is 0.858. The van der Waals surface area contributed by atoms with Gasteiger partial charge in [-0.25, -0.2) is 4.98 Å². The van der Waals surface area contributed by atoms with Crippen molar-refractivity contribution in [2.45, 2.75) is 47.6 Å². The van der Waals surface area contributed by atoms with Gasteiger partial charge in [-0.3, -0.25) is 0 Å². The van der Waals surface area contributed by atoms with Crippen molar-refractivity contribution in [2.24, 2.45) is 11.3 Å². The maximum Gasteiger partial charge on any atom is 0.168 e. The van der Waals surface area contributed by atoms with Crippen LogP contribution in [0.25, 0.3) is 0 Å². The lowest BCUT2D eigenvalue weighted by molar-refractivity contribution is 0.242. The minimum atomic E-state index is 0.162. The van der Waals surface area contributed by atoms with Gasteiger partial charge >= 0.3 is 0 Å². The first-order chi connectivity index (χ1) is 8.30. The van der Waals surface area contributed by atoms with E-state index in [-0.39, 0.29) is 6.10 Å². The Kier molecular flexibility index (Phi) is 5.00. The minimum Gasteiger partial charge on any atom is -0.487 e. The Morgan fingerprint density at radius 1 is 1.28 bits per heavy atom. The van der Waals surface area contributed by atoms with E-state index in [2.05, 4.69) is 38.0 Å². The summed E-state index contributed by atoms with van der Waals surface area (Å²) in [6.07, 6.45) is 1.95. The highest BCUT2D eigenvalue weighted by atomic mass is 16.5. The van der Waals surface area contributed by atoms with E-state index in [0.29, 0.717) is 11.3 Å². The SMILES string of the molecule is CC(C)Oc1cccnc1NCC(C)C(C)(C)C. The lowest BCUT2D eigenvalue weighted by atomic mass is 9.82. The lowest BCUT2D eigenvalue weighted by Gasteiger charge is -2.27. The van der Waals surface area contributed by atoms with Crippen molar-refractivity contribution in [3.05, 3.63) is 18.3 Å². The Morgan fingerprint density at radius 2 is 1.94 bits per heavy atom. The van der Waals surface area contributed by atoms with Crippen LogP contribution in [0.1, 0.15) is 41.5 Å². The van der Waals surface area contributed by atoms with Crippen molar-refractivity contribution in [2.75, 3.05) is 11.9 Å². The van der Waals surface area contributed by atoms with E-state index in [0.717, 1.165) is 18.1 Å². The highest BCUT2D eigenvalue weighted by Gasteiger charge is 2.20. The van der Waals surface area contributed by atoms with E-state index < -0.39 is 0 Å². The number of ether oxygens (including phenoxy) is 1. The Labute approximate surface area is 111 Å². The standard InChI is InChI=1S/C15H26N2O/c1-11(2)18-13-8-7-9-16-14(13)17-10-12(3)15(4,5)6/h7-9,11-12H,10H2,1-6H3,(H,16,17). The van der Waals surface area contributed by atoms with Crippen LogP contribution in [-0.4, -0.2) is 17.6 Å². The van der Waals surface area contributed by atoms with Gasteiger partial charge in [0.25, 0.3) is 0 Å². The molecule has 1 aromatic heterocycles. The summed E-state index contributed by atoms with van der Waals surface area (Å²) in [5.74, 6) is 2.22. The van der Waals surface area contributed by atoms with E-state index in [4.69, 9.17) is 4.74 Å². The van der Waals surface area contributed by atoms with Crippen LogP contribution in [0.15, 0.2) is 18.3 Å². The molecule has 0 aromatic carbocycles.